The second kappa shape index (κ2) is 8.71. The number of hydrogen-bond donors (Lipinski definition) is 2. The van der Waals surface area contributed by atoms with Gasteiger partial charge >= 0.3 is 11.9 Å². The summed E-state index contributed by atoms with van der Waals surface area (Å²) in [6.45, 7) is 5.02. The fourth-order valence-electron chi connectivity index (χ4n) is 8.47. The Kier molecular flexibility index (Phi) is 5.77. The Balaban J connectivity index is 1.29. The predicted molar refractivity (Wildman–Crippen MR) is 133 cm³/mol. The van der Waals surface area contributed by atoms with Crippen molar-refractivity contribution in [3.63, 3.8) is 0 Å². The Hall–Kier alpha value is -2.08. The van der Waals surface area contributed by atoms with Crippen LogP contribution in [0.25, 0.3) is 0 Å². The smallest absolute Gasteiger partial charge is 0.330 e. The highest BCUT2D eigenvalue weighted by atomic mass is 16.7. The second-order valence-electron chi connectivity index (χ2n) is 12.4. The van der Waals surface area contributed by atoms with Gasteiger partial charge in [-0.3, -0.25) is 0 Å². The van der Waals surface area contributed by atoms with Gasteiger partial charge in [0.1, 0.15) is 36.1 Å². The summed E-state index contributed by atoms with van der Waals surface area (Å²) in [5, 5.41) is 21.2. The van der Waals surface area contributed by atoms with E-state index in [9.17, 15) is 19.8 Å². The van der Waals surface area contributed by atoms with E-state index in [2.05, 4.69) is 19.9 Å². The van der Waals surface area contributed by atoms with E-state index in [0.717, 1.165) is 6.42 Å². The van der Waals surface area contributed by atoms with Crippen LogP contribution in [0.4, 0.5) is 0 Å². The predicted octanol–water partition coefficient (Wildman–Crippen LogP) is 1.63. The lowest BCUT2D eigenvalue weighted by molar-refractivity contribution is -0.232. The first-order chi connectivity index (χ1) is 18.7. The number of epoxide rings is 1. The molecule has 10 atom stereocenters. The fourth-order valence-corrected chi connectivity index (χ4v) is 8.47. The number of aliphatic hydroxyl groups excluding tert-OH is 2. The van der Waals surface area contributed by atoms with Gasteiger partial charge in [0.25, 0.3) is 0 Å². The SMILES string of the molecule is CC1=C[C@H]2O[C@@H]3C[C@H]4OC(=O)/C=C\CC[C@]56OCC/C(=C\C(=O)OC[C@@]2(CC1)[C@]4(C)[C@]31CO1)[C@H]5O[C@@H](O)[C@@H]6O. The number of carbonyl (C=O) groups excluding carboxylic acids is 2. The van der Waals surface area contributed by atoms with Crippen molar-refractivity contribution in [1.29, 1.82) is 0 Å². The fraction of sp³-hybridized carbons (Fsp3) is 0.724. The first kappa shape index (κ1) is 25.9. The van der Waals surface area contributed by atoms with Crippen LogP contribution in [0.3, 0.4) is 0 Å². The third-order valence-corrected chi connectivity index (χ3v) is 10.8. The van der Waals surface area contributed by atoms with Crippen LogP contribution in [0, 0.1) is 10.8 Å². The maximum atomic E-state index is 13.4. The molecule has 4 bridgehead atoms. The summed E-state index contributed by atoms with van der Waals surface area (Å²) >= 11 is 0. The molecule has 10 heteroatoms. The van der Waals surface area contributed by atoms with Gasteiger partial charge < -0.3 is 38.6 Å². The summed E-state index contributed by atoms with van der Waals surface area (Å²) in [4.78, 5) is 26.5. The standard InChI is InChI=1S/C29H36O10/c1-16-6-9-27-14-34-22(31)12-17-7-10-35-28(23(32)25(33)39-24(17)28)8-4-3-5-21(30)38-18-13-20(37-19(27)11-16)29(15-36-29)26(18,27)2/h3,5,11-12,18-20,23-25,32-33H,4,6-10,13-15H2,1-2H3/b5-3-,17-12+/t18-,19-,20-,23+,24-,25-,26-,27-,28-,29+/m1/s1. The van der Waals surface area contributed by atoms with E-state index in [0.29, 0.717) is 37.9 Å². The van der Waals surface area contributed by atoms with Gasteiger partial charge in [0, 0.05) is 24.0 Å². The van der Waals surface area contributed by atoms with Gasteiger partial charge in [-0.15, -0.1) is 0 Å². The normalized spacial score (nSPS) is 53.0. The topological polar surface area (TPSA) is 133 Å². The molecule has 0 aromatic rings. The maximum Gasteiger partial charge on any atom is 0.330 e. The van der Waals surface area contributed by atoms with Crippen molar-refractivity contribution in [2.45, 2.75) is 100 Å². The van der Waals surface area contributed by atoms with E-state index < -0.39 is 58.6 Å². The molecule has 1 saturated carbocycles. The first-order valence-corrected chi connectivity index (χ1v) is 14.0. The monoisotopic (exact) mass is 544 g/mol. The lowest BCUT2D eigenvalue weighted by atomic mass is 9.51. The van der Waals surface area contributed by atoms with Crippen molar-refractivity contribution in [2.24, 2.45) is 10.8 Å². The summed E-state index contributed by atoms with van der Waals surface area (Å²) in [5.41, 5.74) is -1.29. The molecule has 212 valence electrons. The van der Waals surface area contributed by atoms with Gasteiger partial charge in [-0.1, -0.05) is 24.6 Å². The van der Waals surface area contributed by atoms with Gasteiger partial charge in [0.05, 0.1) is 30.8 Å². The van der Waals surface area contributed by atoms with Gasteiger partial charge in [-0.25, -0.2) is 9.59 Å². The summed E-state index contributed by atoms with van der Waals surface area (Å²) in [5.74, 6) is -1.000. The van der Waals surface area contributed by atoms with Crippen molar-refractivity contribution in [1.82, 2.24) is 0 Å². The van der Waals surface area contributed by atoms with E-state index in [4.69, 9.17) is 28.4 Å². The molecule has 4 saturated heterocycles. The number of carbonyl (C=O) groups is 2. The van der Waals surface area contributed by atoms with Crippen LogP contribution in [0.15, 0.2) is 35.5 Å². The Morgan fingerprint density at radius 1 is 1.00 bits per heavy atom. The molecular formula is C29H36O10. The van der Waals surface area contributed by atoms with Crippen LogP contribution in [-0.4, -0.2) is 90.0 Å². The molecule has 0 amide bonds. The molecule has 7 rings (SSSR count). The molecule has 2 N–H and O–H groups in total. The summed E-state index contributed by atoms with van der Waals surface area (Å²) < 4.78 is 36.7. The number of esters is 2. The second-order valence-corrected chi connectivity index (χ2v) is 12.4. The minimum atomic E-state index is -1.46. The molecule has 0 unspecified atom stereocenters. The number of cyclic esters (lactones) is 1. The van der Waals surface area contributed by atoms with Gasteiger partial charge in [-0.05, 0) is 44.6 Å². The van der Waals surface area contributed by atoms with Gasteiger partial charge in [0.2, 0.25) is 0 Å². The van der Waals surface area contributed by atoms with Crippen molar-refractivity contribution < 1.29 is 48.2 Å². The molecule has 0 radical (unpaired) electrons. The van der Waals surface area contributed by atoms with Gasteiger partial charge in [0.15, 0.2) is 6.29 Å². The third-order valence-electron chi connectivity index (χ3n) is 10.8. The molecule has 0 aromatic carbocycles. The zero-order chi connectivity index (χ0) is 27.2. The number of allylic oxidation sites excluding steroid dienone is 2. The quantitative estimate of drug-likeness (QED) is 0.263. The average Bonchev–Trinajstić information content (AvgIpc) is 3.64. The molecule has 5 heterocycles. The van der Waals surface area contributed by atoms with Crippen molar-refractivity contribution in [2.75, 3.05) is 19.8 Å². The highest BCUT2D eigenvalue weighted by molar-refractivity contribution is 5.83. The molecule has 7 aliphatic rings. The molecule has 2 spiro atoms. The molecule has 5 fully saturated rings. The van der Waals surface area contributed by atoms with Crippen LogP contribution >= 0.6 is 0 Å². The van der Waals surface area contributed by atoms with Crippen LogP contribution in [-0.2, 0) is 38.0 Å². The zero-order valence-electron chi connectivity index (χ0n) is 22.3. The summed E-state index contributed by atoms with van der Waals surface area (Å²) in [7, 11) is 0. The zero-order valence-corrected chi connectivity index (χ0v) is 22.3. The molecule has 5 aliphatic heterocycles. The average molecular weight is 545 g/mol. The Labute approximate surface area is 226 Å². The Bertz CT molecular complexity index is 1170. The van der Waals surface area contributed by atoms with Crippen molar-refractivity contribution in [3.8, 4) is 0 Å². The van der Waals surface area contributed by atoms with E-state index in [1.165, 1.54) is 17.7 Å². The summed E-state index contributed by atoms with van der Waals surface area (Å²) in [6.07, 6.45) is 5.14. The minimum absolute atomic E-state index is 0.0701. The Morgan fingerprint density at radius 3 is 2.62 bits per heavy atom. The van der Waals surface area contributed by atoms with Crippen LogP contribution < -0.4 is 0 Å². The first-order valence-electron chi connectivity index (χ1n) is 14.0. The van der Waals surface area contributed by atoms with Crippen molar-refractivity contribution in [3.05, 3.63) is 35.5 Å². The van der Waals surface area contributed by atoms with E-state index in [1.54, 1.807) is 6.08 Å². The van der Waals surface area contributed by atoms with Crippen LogP contribution in [0.2, 0.25) is 0 Å². The highest BCUT2D eigenvalue weighted by Gasteiger charge is 2.83. The number of rotatable bonds is 0. The molecule has 2 aliphatic carbocycles. The van der Waals surface area contributed by atoms with Crippen molar-refractivity contribution >= 4 is 11.9 Å². The number of aliphatic hydroxyl groups is 2. The van der Waals surface area contributed by atoms with Crippen LogP contribution in [0.1, 0.15) is 52.4 Å². The molecular weight excluding hydrogens is 508 g/mol. The van der Waals surface area contributed by atoms with E-state index in [-0.39, 0.29) is 31.8 Å². The third kappa shape index (κ3) is 3.42. The Morgan fingerprint density at radius 2 is 1.82 bits per heavy atom. The number of ether oxygens (including phenoxy) is 6. The van der Waals surface area contributed by atoms with Crippen LogP contribution in [0.5, 0.6) is 0 Å². The molecule has 39 heavy (non-hydrogen) atoms. The van der Waals surface area contributed by atoms with E-state index in [1.807, 2.05) is 0 Å². The highest BCUT2D eigenvalue weighted by Crippen LogP contribution is 2.72. The lowest BCUT2D eigenvalue weighted by Crippen LogP contribution is -2.66. The maximum absolute atomic E-state index is 13.4. The lowest BCUT2D eigenvalue weighted by Gasteiger charge is -2.58. The minimum Gasteiger partial charge on any atom is -0.462 e. The largest absolute Gasteiger partial charge is 0.462 e. The van der Waals surface area contributed by atoms with E-state index >= 15 is 0 Å². The molecule has 10 nitrogen and oxygen atoms in total. The summed E-state index contributed by atoms with van der Waals surface area (Å²) in [6, 6.07) is 0. The van der Waals surface area contributed by atoms with Gasteiger partial charge in [-0.2, -0.15) is 0 Å². The number of hydrogen-bond acceptors (Lipinski definition) is 10. The molecule has 0 aromatic heterocycles.